The van der Waals surface area contributed by atoms with Crippen LogP contribution in [0.1, 0.15) is 13.8 Å². The highest BCUT2D eigenvalue weighted by molar-refractivity contribution is 7.89. The number of ether oxygens (including phenoxy) is 1. The van der Waals surface area contributed by atoms with E-state index in [1.54, 1.807) is 6.07 Å². The molecular weight excluding hydrogens is 318 g/mol. The first-order valence-electron chi connectivity index (χ1n) is 7.56. The van der Waals surface area contributed by atoms with Crippen LogP contribution in [0.4, 0.5) is 5.69 Å². The summed E-state index contributed by atoms with van der Waals surface area (Å²) in [6.07, 6.45) is 0. The minimum Gasteiger partial charge on any atom is -0.495 e. The van der Waals surface area contributed by atoms with Crippen LogP contribution in [0.15, 0.2) is 23.1 Å². The number of benzene rings is 1. The van der Waals surface area contributed by atoms with Crippen LogP contribution in [-0.4, -0.2) is 63.4 Å². The Balaban J connectivity index is 2.27. The molecular formula is C15H23N3O4S. The molecule has 1 fully saturated rings. The molecule has 0 bridgehead atoms. The Labute approximate surface area is 137 Å². The van der Waals surface area contributed by atoms with Gasteiger partial charge in [0.1, 0.15) is 5.75 Å². The van der Waals surface area contributed by atoms with Gasteiger partial charge in [0.05, 0.1) is 17.7 Å². The number of nitrogens with one attached hydrogen (secondary N) is 1. The van der Waals surface area contributed by atoms with Gasteiger partial charge >= 0.3 is 0 Å². The van der Waals surface area contributed by atoms with Crippen molar-refractivity contribution in [1.82, 2.24) is 9.21 Å². The number of methoxy groups -OCH3 is 1. The Bertz CT molecular complexity index is 667. The van der Waals surface area contributed by atoms with E-state index in [2.05, 4.69) is 17.1 Å². The van der Waals surface area contributed by atoms with Gasteiger partial charge in [0.25, 0.3) is 0 Å². The molecule has 2 rings (SSSR count). The Morgan fingerprint density at radius 3 is 2.43 bits per heavy atom. The molecule has 0 spiro atoms. The summed E-state index contributed by atoms with van der Waals surface area (Å²) in [5.41, 5.74) is 0.355. The molecule has 1 amide bonds. The SMILES string of the molecule is CCN1CCN(S(=O)(=O)c2ccc(OC)c(NC(C)=O)c2)CC1. The third-order valence-corrected chi connectivity index (χ3v) is 5.79. The van der Waals surface area contributed by atoms with Crippen LogP contribution in [0.25, 0.3) is 0 Å². The highest BCUT2D eigenvalue weighted by atomic mass is 32.2. The lowest BCUT2D eigenvalue weighted by atomic mass is 10.3. The average molecular weight is 341 g/mol. The van der Waals surface area contributed by atoms with Crippen LogP contribution in [0.3, 0.4) is 0 Å². The summed E-state index contributed by atoms with van der Waals surface area (Å²) in [4.78, 5) is 13.7. The molecule has 0 unspecified atom stereocenters. The summed E-state index contributed by atoms with van der Waals surface area (Å²) in [6.45, 7) is 6.74. The molecule has 1 aromatic rings. The standard InChI is InChI=1S/C15H23N3O4S/c1-4-17-7-9-18(10-8-17)23(20,21)13-5-6-15(22-3)14(11-13)16-12(2)19/h5-6,11H,4,7-10H2,1-3H3,(H,16,19). The van der Waals surface area contributed by atoms with E-state index < -0.39 is 10.0 Å². The monoisotopic (exact) mass is 341 g/mol. The zero-order chi connectivity index (χ0) is 17.0. The first kappa shape index (κ1) is 17.7. The van der Waals surface area contributed by atoms with Gasteiger partial charge in [0.15, 0.2) is 0 Å². The van der Waals surface area contributed by atoms with Crippen molar-refractivity contribution in [3.05, 3.63) is 18.2 Å². The molecule has 1 saturated heterocycles. The van der Waals surface area contributed by atoms with Gasteiger partial charge in [-0.3, -0.25) is 4.79 Å². The summed E-state index contributed by atoms with van der Waals surface area (Å²) in [5, 5.41) is 2.60. The zero-order valence-electron chi connectivity index (χ0n) is 13.7. The molecule has 128 valence electrons. The maximum absolute atomic E-state index is 12.8. The van der Waals surface area contributed by atoms with Gasteiger partial charge in [-0.1, -0.05) is 6.92 Å². The van der Waals surface area contributed by atoms with Gasteiger partial charge in [-0.05, 0) is 24.7 Å². The lowest BCUT2D eigenvalue weighted by molar-refractivity contribution is -0.114. The first-order chi connectivity index (χ1) is 10.9. The second-order valence-electron chi connectivity index (χ2n) is 5.38. The van der Waals surface area contributed by atoms with Crippen LogP contribution in [0.2, 0.25) is 0 Å². The van der Waals surface area contributed by atoms with Crippen LogP contribution in [0.5, 0.6) is 5.75 Å². The molecule has 1 aliphatic heterocycles. The zero-order valence-corrected chi connectivity index (χ0v) is 14.5. The molecule has 1 aliphatic rings. The second kappa shape index (κ2) is 7.29. The van der Waals surface area contributed by atoms with Crippen molar-refractivity contribution in [2.75, 3.05) is 45.2 Å². The molecule has 0 aromatic heterocycles. The van der Waals surface area contributed by atoms with Gasteiger partial charge in [0, 0.05) is 33.1 Å². The van der Waals surface area contributed by atoms with E-state index in [1.165, 1.54) is 30.5 Å². The van der Waals surface area contributed by atoms with E-state index in [1.807, 2.05) is 0 Å². The number of carbonyl (C=O) groups is 1. The molecule has 0 radical (unpaired) electrons. The Morgan fingerprint density at radius 1 is 1.26 bits per heavy atom. The molecule has 1 N–H and O–H groups in total. The predicted octanol–water partition coefficient (Wildman–Crippen LogP) is 0.980. The number of carbonyl (C=O) groups excluding carboxylic acids is 1. The fourth-order valence-electron chi connectivity index (χ4n) is 2.57. The van der Waals surface area contributed by atoms with Gasteiger partial charge < -0.3 is 15.0 Å². The van der Waals surface area contributed by atoms with Crippen LogP contribution >= 0.6 is 0 Å². The number of rotatable bonds is 5. The maximum Gasteiger partial charge on any atom is 0.243 e. The summed E-state index contributed by atoms with van der Waals surface area (Å²) >= 11 is 0. The topological polar surface area (TPSA) is 79.0 Å². The number of anilines is 1. The lowest BCUT2D eigenvalue weighted by Gasteiger charge is -2.33. The number of hydrogen-bond acceptors (Lipinski definition) is 5. The Hall–Kier alpha value is -1.64. The van der Waals surface area contributed by atoms with Crippen molar-refractivity contribution >= 4 is 21.6 Å². The minimum atomic E-state index is -3.58. The van der Waals surface area contributed by atoms with Gasteiger partial charge in [-0.2, -0.15) is 4.31 Å². The van der Waals surface area contributed by atoms with Crippen molar-refractivity contribution in [2.45, 2.75) is 18.7 Å². The quantitative estimate of drug-likeness (QED) is 0.864. The van der Waals surface area contributed by atoms with Gasteiger partial charge in [-0.25, -0.2) is 8.42 Å². The molecule has 23 heavy (non-hydrogen) atoms. The van der Waals surface area contributed by atoms with Crippen molar-refractivity contribution < 1.29 is 17.9 Å². The molecule has 8 heteroatoms. The molecule has 0 saturated carbocycles. The number of hydrogen-bond donors (Lipinski definition) is 1. The van der Waals surface area contributed by atoms with Crippen LogP contribution < -0.4 is 10.1 Å². The second-order valence-corrected chi connectivity index (χ2v) is 7.32. The van der Waals surface area contributed by atoms with E-state index in [0.717, 1.165) is 19.6 Å². The van der Waals surface area contributed by atoms with E-state index in [4.69, 9.17) is 4.74 Å². The van der Waals surface area contributed by atoms with Crippen LogP contribution in [0, 0.1) is 0 Å². The van der Waals surface area contributed by atoms with E-state index in [0.29, 0.717) is 24.5 Å². The largest absolute Gasteiger partial charge is 0.495 e. The molecule has 1 heterocycles. The Kier molecular flexibility index (Phi) is 5.61. The third-order valence-electron chi connectivity index (χ3n) is 3.90. The van der Waals surface area contributed by atoms with Gasteiger partial charge in [-0.15, -0.1) is 0 Å². The lowest BCUT2D eigenvalue weighted by Crippen LogP contribution is -2.48. The summed E-state index contributed by atoms with van der Waals surface area (Å²) in [5.74, 6) is 0.143. The highest BCUT2D eigenvalue weighted by Gasteiger charge is 2.28. The van der Waals surface area contributed by atoms with E-state index in [-0.39, 0.29) is 10.8 Å². The number of piperazine rings is 1. The number of amides is 1. The van der Waals surface area contributed by atoms with E-state index in [9.17, 15) is 13.2 Å². The first-order valence-corrected chi connectivity index (χ1v) is 9.00. The normalized spacial score (nSPS) is 17.0. The summed E-state index contributed by atoms with van der Waals surface area (Å²) < 4.78 is 32.2. The number of sulfonamides is 1. The van der Waals surface area contributed by atoms with Crippen molar-refractivity contribution in [3.8, 4) is 5.75 Å². The highest BCUT2D eigenvalue weighted by Crippen LogP contribution is 2.29. The molecule has 7 nitrogen and oxygen atoms in total. The molecule has 0 atom stereocenters. The average Bonchev–Trinajstić information content (AvgIpc) is 2.54. The molecule has 0 aliphatic carbocycles. The van der Waals surface area contributed by atoms with Crippen molar-refractivity contribution in [2.24, 2.45) is 0 Å². The fraction of sp³-hybridized carbons (Fsp3) is 0.533. The predicted molar refractivity (Wildman–Crippen MR) is 88.2 cm³/mol. The number of nitrogens with zero attached hydrogens (tertiary/aromatic N) is 2. The third kappa shape index (κ3) is 4.01. The number of likely N-dealkylation sites (N-methyl/N-ethyl adjacent to an activating group) is 1. The maximum atomic E-state index is 12.8. The Morgan fingerprint density at radius 2 is 1.91 bits per heavy atom. The van der Waals surface area contributed by atoms with Gasteiger partial charge in [0.2, 0.25) is 15.9 Å². The summed E-state index contributed by atoms with van der Waals surface area (Å²) in [6, 6.07) is 4.51. The minimum absolute atomic E-state index is 0.159. The summed E-state index contributed by atoms with van der Waals surface area (Å²) in [7, 11) is -2.11. The van der Waals surface area contributed by atoms with Crippen LogP contribution in [-0.2, 0) is 14.8 Å². The van der Waals surface area contributed by atoms with E-state index >= 15 is 0 Å². The smallest absolute Gasteiger partial charge is 0.243 e. The fourth-order valence-corrected chi connectivity index (χ4v) is 4.02. The van der Waals surface area contributed by atoms with Crippen molar-refractivity contribution in [3.63, 3.8) is 0 Å². The molecule has 1 aromatic carbocycles. The van der Waals surface area contributed by atoms with Crippen molar-refractivity contribution in [1.29, 1.82) is 0 Å².